The highest BCUT2D eigenvalue weighted by molar-refractivity contribution is 9.10. The highest BCUT2D eigenvalue weighted by Crippen LogP contribution is 2.26. The van der Waals surface area contributed by atoms with Gasteiger partial charge in [0.1, 0.15) is 11.6 Å². The van der Waals surface area contributed by atoms with Gasteiger partial charge >= 0.3 is 0 Å². The monoisotopic (exact) mass is 385 g/mol. The fourth-order valence-electron chi connectivity index (χ4n) is 1.81. The SMILES string of the molecule is CC(C)Oc1ccc(Br)cc1C(=O)Nc1ccc(F)c(Cl)c1. The van der Waals surface area contributed by atoms with Crippen LogP contribution in [0.15, 0.2) is 40.9 Å². The summed E-state index contributed by atoms with van der Waals surface area (Å²) in [6.07, 6.45) is -0.0620. The van der Waals surface area contributed by atoms with E-state index in [0.717, 1.165) is 4.47 Å². The number of ether oxygens (including phenoxy) is 1. The lowest BCUT2D eigenvalue weighted by molar-refractivity contribution is 0.102. The van der Waals surface area contributed by atoms with Crippen LogP contribution in [-0.4, -0.2) is 12.0 Å². The minimum atomic E-state index is -0.536. The van der Waals surface area contributed by atoms with Crippen molar-refractivity contribution < 1.29 is 13.9 Å². The van der Waals surface area contributed by atoms with Crippen molar-refractivity contribution in [3.63, 3.8) is 0 Å². The Morgan fingerprint density at radius 1 is 1.27 bits per heavy atom. The smallest absolute Gasteiger partial charge is 0.259 e. The van der Waals surface area contributed by atoms with Gasteiger partial charge in [0.25, 0.3) is 5.91 Å². The molecular formula is C16H14BrClFNO2. The predicted octanol–water partition coefficient (Wildman–Crippen LogP) is 5.28. The average molecular weight is 387 g/mol. The lowest BCUT2D eigenvalue weighted by Crippen LogP contribution is -2.16. The molecule has 0 atom stereocenters. The third-order valence-corrected chi connectivity index (χ3v) is 3.51. The van der Waals surface area contributed by atoms with Gasteiger partial charge in [-0.15, -0.1) is 0 Å². The number of carbonyl (C=O) groups excluding carboxylic acids is 1. The highest BCUT2D eigenvalue weighted by atomic mass is 79.9. The molecule has 116 valence electrons. The Balaban J connectivity index is 2.28. The van der Waals surface area contributed by atoms with Crippen LogP contribution in [0, 0.1) is 5.82 Å². The Morgan fingerprint density at radius 2 is 2.00 bits per heavy atom. The van der Waals surface area contributed by atoms with E-state index in [1.807, 2.05) is 13.8 Å². The van der Waals surface area contributed by atoms with Crippen molar-refractivity contribution in [2.75, 3.05) is 5.32 Å². The first-order chi connectivity index (χ1) is 10.4. The Hall–Kier alpha value is -1.59. The van der Waals surface area contributed by atoms with E-state index in [9.17, 15) is 9.18 Å². The first-order valence-electron chi connectivity index (χ1n) is 6.59. The minimum absolute atomic E-state index is 0.0503. The summed E-state index contributed by atoms with van der Waals surface area (Å²) in [6.45, 7) is 3.76. The van der Waals surface area contributed by atoms with Crippen LogP contribution in [0.25, 0.3) is 0 Å². The molecule has 3 nitrogen and oxygen atoms in total. The molecule has 1 amide bonds. The van der Waals surface area contributed by atoms with E-state index >= 15 is 0 Å². The molecule has 0 heterocycles. The minimum Gasteiger partial charge on any atom is -0.490 e. The molecule has 2 rings (SSSR count). The third-order valence-electron chi connectivity index (χ3n) is 2.73. The second kappa shape index (κ2) is 7.11. The van der Waals surface area contributed by atoms with Gasteiger partial charge in [-0.25, -0.2) is 4.39 Å². The number of anilines is 1. The van der Waals surface area contributed by atoms with E-state index in [-0.39, 0.29) is 17.0 Å². The normalized spacial score (nSPS) is 10.6. The second-order valence-electron chi connectivity index (χ2n) is 4.89. The summed E-state index contributed by atoms with van der Waals surface area (Å²) in [5.41, 5.74) is 0.787. The van der Waals surface area contributed by atoms with E-state index in [4.69, 9.17) is 16.3 Å². The number of hydrogen-bond acceptors (Lipinski definition) is 2. The number of halogens is 3. The molecule has 0 aliphatic heterocycles. The molecule has 0 saturated heterocycles. The first kappa shape index (κ1) is 16.8. The molecule has 0 aromatic heterocycles. The van der Waals surface area contributed by atoms with Crippen LogP contribution in [-0.2, 0) is 0 Å². The van der Waals surface area contributed by atoms with Gasteiger partial charge in [0.15, 0.2) is 0 Å². The number of amides is 1. The molecule has 0 saturated carbocycles. The average Bonchev–Trinajstić information content (AvgIpc) is 2.44. The molecule has 0 bridgehead atoms. The van der Waals surface area contributed by atoms with Crippen LogP contribution in [0.2, 0.25) is 5.02 Å². The van der Waals surface area contributed by atoms with Gasteiger partial charge in [0.05, 0.1) is 16.7 Å². The maximum absolute atomic E-state index is 13.1. The maximum atomic E-state index is 13.1. The summed E-state index contributed by atoms with van der Waals surface area (Å²) in [5, 5.41) is 2.63. The van der Waals surface area contributed by atoms with Gasteiger partial charge < -0.3 is 10.1 Å². The van der Waals surface area contributed by atoms with Crippen molar-refractivity contribution in [1.29, 1.82) is 0 Å². The molecule has 0 fully saturated rings. The van der Waals surface area contributed by atoms with Crippen molar-refractivity contribution in [3.8, 4) is 5.75 Å². The van der Waals surface area contributed by atoms with E-state index < -0.39 is 5.82 Å². The fraction of sp³-hybridized carbons (Fsp3) is 0.188. The van der Waals surface area contributed by atoms with Crippen molar-refractivity contribution in [1.82, 2.24) is 0 Å². The zero-order valence-corrected chi connectivity index (χ0v) is 14.3. The van der Waals surface area contributed by atoms with Crippen LogP contribution in [0.1, 0.15) is 24.2 Å². The Bertz CT molecular complexity index is 707. The number of carbonyl (C=O) groups is 1. The summed E-state index contributed by atoms with van der Waals surface area (Å²) in [4.78, 5) is 12.4. The van der Waals surface area contributed by atoms with Gasteiger partial charge in [0, 0.05) is 10.2 Å². The van der Waals surface area contributed by atoms with E-state index in [0.29, 0.717) is 17.0 Å². The molecule has 0 unspecified atom stereocenters. The highest BCUT2D eigenvalue weighted by Gasteiger charge is 2.15. The summed E-state index contributed by atoms with van der Waals surface area (Å²) < 4.78 is 19.5. The molecule has 0 radical (unpaired) electrons. The van der Waals surface area contributed by atoms with Crippen LogP contribution >= 0.6 is 27.5 Å². The van der Waals surface area contributed by atoms with Gasteiger partial charge in [-0.3, -0.25) is 4.79 Å². The van der Waals surface area contributed by atoms with Crippen molar-refractivity contribution in [2.45, 2.75) is 20.0 Å². The maximum Gasteiger partial charge on any atom is 0.259 e. The van der Waals surface area contributed by atoms with E-state index in [2.05, 4.69) is 21.2 Å². The first-order valence-corrected chi connectivity index (χ1v) is 7.76. The van der Waals surface area contributed by atoms with Crippen LogP contribution in [0.4, 0.5) is 10.1 Å². The van der Waals surface area contributed by atoms with Gasteiger partial charge in [0.2, 0.25) is 0 Å². The zero-order valence-electron chi connectivity index (χ0n) is 12.0. The van der Waals surface area contributed by atoms with Gasteiger partial charge in [-0.2, -0.15) is 0 Å². The van der Waals surface area contributed by atoms with Crippen molar-refractivity contribution in [2.24, 2.45) is 0 Å². The summed E-state index contributed by atoms with van der Waals surface area (Å²) in [6, 6.07) is 9.18. The fourth-order valence-corrected chi connectivity index (χ4v) is 2.35. The standard InChI is InChI=1S/C16H14BrClFNO2/c1-9(2)22-15-6-3-10(17)7-12(15)16(21)20-11-4-5-14(19)13(18)8-11/h3-9H,1-2H3,(H,20,21). The molecular weight excluding hydrogens is 373 g/mol. The number of benzene rings is 2. The summed E-state index contributed by atoms with van der Waals surface area (Å²) in [5.74, 6) is -0.422. The predicted molar refractivity (Wildman–Crippen MR) is 89.3 cm³/mol. The molecule has 2 aromatic rings. The molecule has 0 aliphatic carbocycles. The largest absolute Gasteiger partial charge is 0.490 e. The van der Waals surface area contributed by atoms with E-state index in [1.54, 1.807) is 18.2 Å². The molecule has 22 heavy (non-hydrogen) atoms. The van der Waals surface area contributed by atoms with Gasteiger partial charge in [-0.05, 0) is 50.2 Å². The quantitative estimate of drug-likeness (QED) is 0.776. The molecule has 6 heteroatoms. The van der Waals surface area contributed by atoms with Crippen molar-refractivity contribution >= 4 is 39.1 Å². The molecule has 1 N–H and O–H groups in total. The Labute approximate surface area is 141 Å². The zero-order chi connectivity index (χ0) is 16.3. The summed E-state index contributed by atoms with van der Waals surface area (Å²) >= 11 is 9.04. The molecule has 0 aliphatic rings. The van der Waals surface area contributed by atoms with Crippen LogP contribution in [0.3, 0.4) is 0 Å². The molecule has 2 aromatic carbocycles. The second-order valence-corrected chi connectivity index (χ2v) is 6.21. The number of rotatable bonds is 4. The van der Waals surface area contributed by atoms with Gasteiger partial charge in [-0.1, -0.05) is 27.5 Å². The molecule has 0 spiro atoms. The Kier molecular flexibility index (Phi) is 5.42. The lowest BCUT2D eigenvalue weighted by atomic mass is 10.1. The number of nitrogens with one attached hydrogen (secondary N) is 1. The van der Waals surface area contributed by atoms with Crippen LogP contribution < -0.4 is 10.1 Å². The van der Waals surface area contributed by atoms with E-state index in [1.165, 1.54) is 18.2 Å². The van der Waals surface area contributed by atoms with Crippen molar-refractivity contribution in [3.05, 3.63) is 57.3 Å². The topological polar surface area (TPSA) is 38.3 Å². The Morgan fingerprint density at radius 3 is 2.64 bits per heavy atom. The number of hydrogen-bond donors (Lipinski definition) is 1. The van der Waals surface area contributed by atoms with Crippen LogP contribution in [0.5, 0.6) is 5.75 Å². The summed E-state index contributed by atoms with van der Waals surface area (Å²) in [7, 11) is 0. The third kappa shape index (κ3) is 4.21. The lowest BCUT2D eigenvalue weighted by Gasteiger charge is -2.14.